The predicted molar refractivity (Wildman–Crippen MR) is 99.7 cm³/mol. The lowest BCUT2D eigenvalue weighted by Crippen LogP contribution is -2.50. The number of imide groups is 1. The number of hydrogen-bond donors (Lipinski definition) is 1. The number of urea groups is 1. The molecule has 0 unspecified atom stereocenters. The second kappa shape index (κ2) is 7.09. The van der Waals surface area contributed by atoms with Gasteiger partial charge in [0.05, 0.1) is 0 Å². The molecular weight excluding hydrogens is 330 g/mol. The maximum atomic E-state index is 12.9. The SMILES string of the molecule is CC1CCC2(CC1)NC(=O)N(CC(=O)N(c1ccccc1)C(C)C)C2=O. The lowest BCUT2D eigenvalue weighted by atomic mass is 9.77. The van der Waals surface area contributed by atoms with Crippen molar-refractivity contribution in [2.75, 3.05) is 11.4 Å². The Balaban J connectivity index is 1.76. The van der Waals surface area contributed by atoms with E-state index in [9.17, 15) is 14.4 Å². The van der Waals surface area contributed by atoms with Crippen LogP contribution in [0.3, 0.4) is 0 Å². The van der Waals surface area contributed by atoms with E-state index in [4.69, 9.17) is 0 Å². The number of carbonyl (C=O) groups excluding carboxylic acids is 3. The fourth-order valence-electron chi connectivity index (χ4n) is 3.94. The Morgan fingerprint density at radius 3 is 2.42 bits per heavy atom. The molecule has 1 heterocycles. The van der Waals surface area contributed by atoms with Gasteiger partial charge in [0.25, 0.3) is 5.91 Å². The second-order valence-corrected chi connectivity index (χ2v) is 7.78. The highest BCUT2D eigenvalue weighted by molar-refractivity contribution is 6.10. The first kappa shape index (κ1) is 18.4. The summed E-state index contributed by atoms with van der Waals surface area (Å²) in [6, 6.07) is 8.80. The van der Waals surface area contributed by atoms with E-state index in [0.717, 1.165) is 23.4 Å². The van der Waals surface area contributed by atoms with Crippen molar-refractivity contribution in [3.05, 3.63) is 30.3 Å². The maximum Gasteiger partial charge on any atom is 0.325 e. The molecular formula is C20H27N3O3. The Hall–Kier alpha value is -2.37. The zero-order valence-corrected chi connectivity index (χ0v) is 15.7. The van der Waals surface area contributed by atoms with Crippen LogP contribution in [0.4, 0.5) is 10.5 Å². The van der Waals surface area contributed by atoms with Crippen LogP contribution in [-0.4, -0.2) is 40.9 Å². The van der Waals surface area contributed by atoms with Crippen LogP contribution in [-0.2, 0) is 9.59 Å². The van der Waals surface area contributed by atoms with E-state index in [2.05, 4.69) is 12.2 Å². The molecule has 1 N–H and O–H groups in total. The Bertz CT molecular complexity index is 694. The van der Waals surface area contributed by atoms with E-state index in [1.54, 1.807) is 4.90 Å². The van der Waals surface area contributed by atoms with Crippen molar-refractivity contribution in [3.8, 4) is 0 Å². The largest absolute Gasteiger partial charge is 0.325 e. The molecule has 0 atom stereocenters. The predicted octanol–water partition coefficient (Wildman–Crippen LogP) is 2.93. The zero-order valence-electron chi connectivity index (χ0n) is 15.7. The van der Waals surface area contributed by atoms with Gasteiger partial charge in [-0.15, -0.1) is 0 Å². The van der Waals surface area contributed by atoms with Crippen LogP contribution in [0.2, 0.25) is 0 Å². The molecule has 140 valence electrons. The van der Waals surface area contributed by atoms with Crippen LogP contribution in [0.25, 0.3) is 0 Å². The van der Waals surface area contributed by atoms with Crippen molar-refractivity contribution >= 4 is 23.5 Å². The third kappa shape index (κ3) is 3.32. The summed E-state index contributed by atoms with van der Waals surface area (Å²) in [5, 5.41) is 2.87. The molecule has 2 aliphatic rings. The van der Waals surface area contributed by atoms with Crippen LogP contribution in [0.15, 0.2) is 30.3 Å². The lowest BCUT2D eigenvalue weighted by molar-refractivity contribution is -0.135. The molecule has 0 aromatic heterocycles. The minimum atomic E-state index is -0.806. The molecule has 1 saturated heterocycles. The van der Waals surface area contributed by atoms with Gasteiger partial charge in [-0.05, 0) is 57.6 Å². The summed E-state index contributed by atoms with van der Waals surface area (Å²) in [7, 11) is 0. The first-order chi connectivity index (χ1) is 12.3. The normalized spacial score (nSPS) is 25.7. The maximum absolute atomic E-state index is 12.9. The number of anilines is 1. The quantitative estimate of drug-likeness (QED) is 0.843. The van der Waals surface area contributed by atoms with Crippen molar-refractivity contribution in [2.45, 2.75) is 58.0 Å². The molecule has 1 aromatic carbocycles. The summed E-state index contributed by atoms with van der Waals surface area (Å²) in [4.78, 5) is 41.0. The Labute approximate surface area is 154 Å². The highest BCUT2D eigenvalue weighted by atomic mass is 16.2. The first-order valence-electron chi connectivity index (χ1n) is 9.35. The highest BCUT2D eigenvalue weighted by Crippen LogP contribution is 2.36. The number of para-hydroxylation sites is 1. The molecule has 3 rings (SSSR count). The van der Waals surface area contributed by atoms with Crippen LogP contribution in [0.5, 0.6) is 0 Å². The van der Waals surface area contributed by atoms with Crippen LogP contribution in [0, 0.1) is 5.92 Å². The number of amides is 4. The van der Waals surface area contributed by atoms with Gasteiger partial charge in [-0.1, -0.05) is 25.1 Å². The molecule has 1 saturated carbocycles. The van der Waals surface area contributed by atoms with Crippen molar-refractivity contribution in [1.82, 2.24) is 10.2 Å². The smallest absolute Gasteiger partial charge is 0.323 e. The summed E-state index contributed by atoms with van der Waals surface area (Å²) in [6.07, 6.45) is 3.12. The fourth-order valence-corrected chi connectivity index (χ4v) is 3.94. The topological polar surface area (TPSA) is 69.7 Å². The highest BCUT2D eigenvalue weighted by Gasteiger charge is 2.52. The molecule has 1 aliphatic carbocycles. The standard InChI is InChI=1S/C20H27N3O3/c1-14(2)23(16-7-5-4-6-8-16)17(24)13-22-18(25)20(21-19(22)26)11-9-15(3)10-12-20/h4-8,14-15H,9-13H2,1-3H3,(H,21,26). The average Bonchev–Trinajstić information content (AvgIpc) is 2.83. The van der Waals surface area contributed by atoms with Crippen molar-refractivity contribution in [2.24, 2.45) is 5.92 Å². The second-order valence-electron chi connectivity index (χ2n) is 7.78. The van der Waals surface area contributed by atoms with E-state index >= 15 is 0 Å². The first-order valence-corrected chi connectivity index (χ1v) is 9.35. The molecule has 1 spiro atoms. The molecule has 1 aliphatic heterocycles. The summed E-state index contributed by atoms with van der Waals surface area (Å²) in [6.45, 7) is 5.77. The molecule has 6 heteroatoms. The minimum Gasteiger partial charge on any atom is -0.323 e. The number of nitrogens with zero attached hydrogens (tertiary/aromatic N) is 2. The van der Waals surface area contributed by atoms with Gasteiger partial charge in [-0.2, -0.15) is 0 Å². The lowest BCUT2D eigenvalue weighted by Gasteiger charge is -2.33. The van der Waals surface area contributed by atoms with Gasteiger partial charge in [-0.3, -0.25) is 14.5 Å². The van der Waals surface area contributed by atoms with E-state index in [-0.39, 0.29) is 24.4 Å². The molecule has 26 heavy (non-hydrogen) atoms. The van der Waals surface area contributed by atoms with Gasteiger partial charge in [0.1, 0.15) is 12.1 Å². The molecule has 1 aromatic rings. The number of benzene rings is 1. The van der Waals surface area contributed by atoms with Gasteiger partial charge < -0.3 is 10.2 Å². The van der Waals surface area contributed by atoms with Crippen molar-refractivity contribution in [3.63, 3.8) is 0 Å². The Kier molecular flexibility index (Phi) is 5.03. The van der Waals surface area contributed by atoms with Gasteiger partial charge in [0, 0.05) is 11.7 Å². The van der Waals surface area contributed by atoms with E-state index in [1.165, 1.54) is 0 Å². The summed E-state index contributed by atoms with van der Waals surface area (Å²) in [5.41, 5.74) is -0.0417. The third-order valence-corrected chi connectivity index (χ3v) is 5.49. The number of carbonyl (C=O) groups is 3. The molecule has 6 nitrogen and oxygen atoms in total. The van der Waals surface area contributed by atoms with Gasteiger partial charge in [-0.25, -0.2) is 4.79 Å². The summed E-state index contributed by atoms with van der Waals surface area (Å²) >= 11 is 0. The van der Waals surface area contributed by atoms with E-state index < -0.39 is 11.6 Å². The number of nitrogens with one attached hydrogen (secondary N) is 1. The van der Waals surface area contributed by atoms with Gasteiger partial charge in [0.15, 0.2) is 0 Å². The van der Waals surface area contributed by atoms with E-state index in [1.807, 2.05) is 44.2 Å². The molecule has 4 amide bonds. The monoisotopic (exact) mass is 357 g/mol. The summed E-state index contributed by atoms with van der Waals surface area (Å²) in [5.74, 6) is 0.0611. The molecule has 0 radical (unpaired) electrons. The van der Waals surface area contributed by atoms with Gasteiger partial charge >= 0.3 is 6.03 Å². The van der Waals surface area contributed by atoms with Gasteiger partial charge in [0.2, 0.25) is 5.91 Å². The molecule has 2 fully saturated rings. The van der Waals surface area contributed by atoms with Crippen molar-refractivity contribution in [1.29, 1.82) is 0 Å². The summed E-state index contributed by atoms with van der Waals surface area (Å²) < 4.78 is 0. The third-order valence-electron chi connectivity index (χ3n) is 5.49. The minimum absolute atomic E-state index is 0.0739. The fraction of sp³-hybridized carbons (Fsp3) is 0.550. The van der Waals surface area contributed by atoms with Crippen LogP contribution in [0.1, 0.15) is 46.5 Å². The molecule has 0 bridgehead atoms. The Morgan fingerprint density at radius 2 is 1.85 bits per heavy atom. The van der Waals surface area contributed by atoms with E-state index in [0.29, 0.717) is 18.8 Å². The number of rotatable bonds is 4. The van der Waals surface area contributed by atoms with Crippen LogP contribution >= 0.6 is 0 Å². The Morgan fingerprint density at radius 1 is 1.23 bits per heavy atom. The average molecular weight is 357 g/mol. The van der Waals surface area contributed by atoms with Crippen LogP contribution < -0.4 is 10.2 Å². The zero-order chi connectivity index (χ0) is 18.9. The van der Waals surface area contributed by atoms with Crippen molar-refractivity contribution < 1.29 is 14.4 Å². The number of hydrogen-bond acceptors (Lipinski definition) is 3.